The number of hydrogen-bond acceptors (Lipinski definition) is 4. The van der Waals surface area contributed by atoms with Crippen molar-refractivity contribution >= 4 is 28.8 Å². The lowest BCUT2D eigenvalue weighted by molar-refractivity contribution is -0.143. The Balaban J connectivity index is 1.83. The molecule has 1 aliphatic heterocycles. The van der Waals surface area contributed by atoms with Crippen LogP contribution in [0.25, 0.3) is 0 Å². The van der Waals surface area contributed by atoms with Crippen molar-refractivity contribution in [3.05, 3.63) is 0 Å². The van der Waals surface area contributed by atoms with E-state index in [-0.39, 0.29) is 28.9 Å². The molecule has 6 heteroatoms. The molecule has 2 aliphatic rings. The fourth-order valence-electron chi connectivity index (χ4n) is 3.14. The number of carboxylic acids is 1. The number of carbonyl (C=O) groups is 3. The SMILES string of the molecule is CC(=O)SCC1CC(=O)N(C2CCC(C(=O)O)CC2)C1. The van der Waals surface area contributed by atoms with Crippen molar-refractivity contribution in [3.63, 3.8) is 0 Å². The summed E-state index contributed by atoms with van der Waals surface area (Å²) in [5.74, 6) is 0.175. The lowest BCUT2D eigenvalue weighted by Gasteiger charge is -2.33. The standard InChI is InChI=1S/C14H21NO4S/c1-9(16)20-8-10-6-13(17)15(7-10)12-4-2-11(3-5-12)14(18)19/h10-12H,2-8H2,1H3,(H,18,19). The molecule has 0 radical (unpaired) electrons. The summed E-state index contributed by atoms with van der Waals surface area (Å²) in [7, 11) is 0. The summed E-state index contributed by atoms with van der Waals surface area (Å²) in [6, 6.07) is 0.199. The Hall–Kier alpha value is -1.04. The van der Waals surface area contributed by atoms with E-state index in [4.69, 9.17) is 5.11 Å². The lowest BCUT2D eigenvalue weighted by atomic mass is 9.85. The van der Waals surface area contributed by atoms with Crippen LogP contribution in [0.2, 0.25) is 0 Å². The van der Waals surface area contributed by atoms with E-state index in [0.29, 0.717) is 25.0 Å². The number of aliphatic carboxylic acids is 1. The second-order valence-electron chi connectivity index (χ2n) is 5.76. The monoisotopic (exact) mass is 299 g/mol. The highest BCUT2D eigenvalue weighted by molar-refractivity contribution is 8.13. The lowest BCUT2D eigenvalue weighted by Crippen LogP contribution is -2.40. The Labute approximate surface area is 123 Å². The summed E-state index contributed by atoms with van der Waals surface area (Å²) in [5, 5.41) is 9.09. The zero-order valence-electron chi connectivity index (χ0n) is 11.7. The summed E-state index contributed by atoms with van der Waals surface area (Å²) in [4.78, 5) is 35.9. The molecule has 112 valence electrons. The fourth-order valence-corrected chi connectivity index (χ4v) is 3.84. The van der Waals surface area contributed by atoms with Crippen molar-refractivity contribution in [2.24, 2.45) is 11.8 Å². The maximum atomic E-state index is 12.1. The van der Waals surface area contributed by atoms with E-state index in [1.165, 1.54) is 11.8 Å². The normalized spacial score (nSPS) is 30.6. The first-order valence-corrected chi connectivity index (χ1v) is 8.11. The zero-order valence-corrected chi connectivity index (χ0v) is 12.5. The Morgan fingerprint density at radius 1 is 1.30 bits per heavy atom. The van der Waals surface area contributed by atoms with Gasteiger partial charge in [-0.2, -0.15) is 0 Å². The smallest absolute Gasteiger partial charge is 0.306 e. The van der Waals surface area contributed by atoms with Gasteiger partial charge in [-0.15, -0.1) is 0 Å². The quantitative estimate of drug-likeness (QED) is 0.856. The van der Waals surface area contributed by atoms with Crippen LogP contribution >= 0.6 is 11.8 Å². The molecule has 0 aromatic carbocycles. The molecule has 1 atom stereocenters. The van der Waals surface area contributed by atoms with Gasteiger partial charge in [-0.1, -0.05) is 11.8 Å². The van der Waals surface area contributed by atoms with Crippen LogP contribution in [-0.4, -0.2) is 45.3 Å². The van der Waals surface area contributed by atoms with Gasteiger partial charge in [-0.3, -0.25) is 14.4 Å². The van der Waals surface area contributed by atoms with Gasteiger partial charge in [0.2, 0.25) is 5.91 Å². The maximum Gasteiger partial charge on any atom is 0.306 e. The summed E-state index contributed by atoms with van der Waals surface area (Å²) >= 11 is 1.29. The third-order valence-electron chi connectivity index (χ3n) is 4.25. The maximum absolute atomic E-state index is 12.1. The van der Waals surface area contributed by atoms with Crippen LogP contribution in [0.1, 0.15) is 39.0 Å². The predicted molar refractivity (Wildman–Crippen MR) is 76.3 cm³/mol. The van der Waals surface area contributed by atoms with E-state index in [9.17, 15) is 14.4 Å². The van der Waals surface area contributed by atoms with E-state index < -0.39 is 5.97 Å². The molecular weight excluding hydrogens is 278 g/mol. The van der Waals surface area contributed by atoms with E-state index in [2.05, 4.69) is 0 Å². The second-order valence-corrected chi connectivity index (χ2v) is 6.96. The first-order valence-electron chi connectivity index (χ1n) is 7.13. The molecule has 1 saturated carbocycles. The van der Waals surface area contributed by atoms with Gasteiger partial charge >= 0.3 is 5.97 Å². The molecule has 2 fully saturated rings. The number of carboxylic acid groups (broad SMARTS) is 1. The van der Waals surface area contributed by atoms with Crippen LogP contribution in [-0.2, 0) is 14.4 Å². The minimum absolute atomic E-state index is 0.0952. The minimum atomic E-state index is -0.716. The molecule has 1 heterocycles. The molecule has 1 N–H and O–H groups in total. The zero-order chi connectivity index (χ0) is 14.7. The van der Waals surface area contributed by atoms with Gasteiger partial charge in [0.1, 0.15) is 0 Å². The van der Waals surface area contributed by atoms with Crippen LogP contribution in [0.3, 0.4) is 0 Å². The number of likely N-dealkylation sites (tertiary alicyclic amines) is 1. The topological polar surface area (TPSA) is 74.7 Å². The van der Waals surface area contributed by atoms with Crippen molar-refractivity contribution in [1.82, 2.24) is 4.90 Å². The Morgan fingerprint density at radius 2 is 1.95 bits per heavy atom. The molecule has 1 aliphatic carbocycles. The number of nitrogens with zero attached hydrogens (tertiary/aromatic N) is 1. The van der Waals surface area contributed by atoms with Crippen molar-refractivity contribution in [2.75, 3.05) is 12.3 Å². The van der Waals surface area contributed by atoms with Gasteiger partial charge in [-0.05, 0) is 31.6 Å². The first-order chi connectivity index (χ1) is 9.47. The van der Waals surface area contributed by atoms with Crippen molar-refractivity contribution in [1.29, 1.82) is 0 Å². The molecule has 1 saturated heterocycles. The van der Waals surface area contributed by atoms with Crippen LogP contribution < -0.4 is 0 Å². The van der Waals surface area contributed by atoms with Crippen molar-refractivity contribution in [2.45, 2.75) is 45.1 Å². The van der Waals surface area contributed by atoms with E-state index >= 15 is 0 Å². The molecule has 2 rings (SSSR count). The number of carbonyl (C=O) groups excluding carboxylic acids is 2. The Morgan fingerprint density at radius 3 is 2.50 bits per heavy atom. The van der Waals surface area contributed by atoms with Gasteiger partial charge in [0.05, 0.1) is 5.92 Å². The molecule has 1 amide bonds. The van der Waals surface area contributed by atoms with E-state index in [1.54, 1.807) is 6.92 Å². The van der Waals surface area contributed by atoms with Crippen LogP contribution in [0, 0.1) is 11.8 Å². The highest BCUT2D eigenvalue weighted by Crippen LogP contribution is 2.32. The molecule has 5 nitrogen and oxygen atoms in total. The fraction of sp³-hybridized carbons (Fsp3) is 0.786. The summed E-state index contributed by atoms with van der Waals surface area (Å²) < 4.78 is 0. The minimum Gasteiger partial charge on any atom is -0.481 e. The van der Waals surface area contributed by atoms with Crippen LogP contribution in [0.4, 0.5) is 0 Å². The molecule has 1 unspecified atom stereocenters. The number of amides is 1. The molecular formula is C14H21NO4S. The summed E-state index contributed by atoms with van der Waals surface area (Å²) in [6.07, 6.45) is 3.43. The third kappa shape index (κ3) is 3.75. The Kier molecular flexibility index (Phi) is 5.07. The van der Waals surface area contributed by atoms with Gasteiger partial charge in [0.25, 0.3) is 0 Å². The number of thioether (sulfide) groups is 1. The largest absolute Gasteiger partial charge is 0.481 e. The highest BCUT2D eigenvalue weighted by atomic mass is 32.2. The second kappa shape index (κ2) is 6.61. The van der Waals surface area contributed by atoms with E-state index in [0.717, 1.165) is 19.4 Å². The summed E-state index contributed by atoms with van der Waals surface area (Å²) in [5.41, 5.74) is 0. The Bertz CT molecular complexity index is 404. The van der Waals surface area contributed by atoms with Gasteiger partial charge in [0.15, 0.2) is 5.12 Å². The van der Waals surface area contributed by atoms with E-state index in [1.807, 2.05) is 4.90 Å². The molecule has 20 heavy (non-hydrogen) atoms. The average molecular weight is 299 g/mol. The number of rotatable bonds is 4. The third-order valence-corrected chi connectivity index (χ3v) is 5.29. The van der Waals surface area contributed by atoms with Crippen LogP contribution in [0.5, 0.6) is 0 Å². The van der Waals surface area contributed by atoms with Gasteiger partial charge in [0, 0.05) is 31.7 Å². The highest BCUT2D eigenvalue weighted by Gasteiger charge is 2.37. The van der Waals surface area contributed by atoms with Gasteiger partial charge in [-0.25, -0.2) is 0 Å². The molecule has 0 spiro atoms. The summed E-state index contributed by atoms with van der Waals surface area (Å²) in [6.45, 7) is 2.27. The average Bonchev–Trinajstić information content (AvgIpc) is 2.78. The van der Waals surface area contributed by atoms with Crippen LogP contribution in [0.15, 0.2) is 0 Å². The number of hydrogen-bond donors (Lipinski definition) is 1. The molecule has 0 bridgehead atoms. The van der Waals surface area contributed by atoms with Crippen molar-refractivity contribution in [3.8, 4) is 0 Å². The van der Waals surface area contributed by atoms with Crippen molar-refractivity contribution < 1.29 is 19.5 Å². The first kappa shape index (κ1) is 15.4. The molecule has 0 aromatic heterocycles. The van der Waals surface area contributed by atoms with Gasteiger partial charge < -0.3 is 10.0 Å². The molecule has 0 aromatic rings. The predicted octanol–water partition coefficient (Wildman–Crippen LogP) is 1.76.